The molecule has 1 aliphatic rings. The van der Waals surface area contributed by atoms with Crippen LogP contribution in [-0.4, -0.2) is 29.6 Å². The van der Waals surface area contributed by atoms with E-state index in [4.69, 9.17) is 0 Å². The van der Waals surface area contributed by atoms with Gasteiger partial charge in [0, 0.05) is 20.1 Å². The van der Waals surface area contributed by atoms with Gasteiger partial charge in [-0.25, -0.2) is 0 Å². The number of aliphatic hydroxyl groups is 1. The number of benzene rings is 1. The van der Waals surface area contributed by atoms with Crippen LogP contribution in [0.5, 0.6) is 0 Å². The first-order valence-electron chi connectivity index (χ1n) is 7.14. The third-order valence-corrected chi connectivity index (χ3v) is 3.91. The van der Waals surface area contributed by atoms with Crippen LogP contribution in [-0.2, 0) is 4.79 Å². The van der Waals surface area contributed by atoms with Gasteiger partial charge in [0.15, 0.2) is 0 Å². The van der Waals surface area contributed by atoms with Crippen LogP contribution in [0.1, 0.15) is 43.7 Å². The summed E-state index contributed by atoms with van der Waals surface area (Å²) in [6.07, 6.45) is 4.82. The molecule has 3 heteroatoms. The summed E-state index contributed by atoms with van der Waals surface area (Å²) in [7, 11) is 1.85. The van der Waals surface area contributed by atoms with Gasteiger partial charge in [-0.1, -0.05) is 43.2 Å². The molecule has 2 rings (SSSR count). The predicted molar refractivity (Wildman–Crippen MR) is 75.6 cm³/mol. The maximum Gasteiger partial charge on any atom is 0.222 e. The SMILES string of the molecule is CN(C(=O)CCC1CC1)C(CCO)c1ccccc1. The van der Waals surface area contributed by atoms with Crippen LogP contribution in [0, 0.1) is 5.92 Å². The van der Waals surface area contributed by atoms with Gasteiger partial charge in [0.1, 0.15) is 0 Å². The van der Waals surface area contributed by atoms with Crippen LogP contribution in [0.4, 0.5) is 0 Å². The molecule has 0 spiro atoms. The van der Waals surface area contributed by atoms with Crippen LogP contribution in [0.15, 0.2) is 30.3 Å². The monoisotopic (exact) mass is 261 g/mol. The summed E-state index contributed by atoms with van der Waals surface area (Å²) >= 11 is 0. The van der Waals surface area contributed by atoms with E-state index in [0.29, 0.717) is 12.8 Å². The fourth-order valence-corrected chi connectivity index (χ4v) is 2.47. The van der Waals surface area contributed by atoms with E-state index in [2.05, 4.69) is 0 Å². The van der Waals surface area contributed by atoms with Gasteiger partial charge in [0.25, 0.3) is 0 Å². The third-order valence-electron chi connectivity index (χ3n) is 3.91. The molecule has 104 valence electrons. The summed E-state index contributed by atoms with van der Waals surface area (Å²) in [6, 6.07) is 9.94. The second-order valence-electron chi connectivity index (χ2n) is 5.43. The molecule has 0 aromatic heterocycles. The van der Waals surface area contributed by atoms with Crippen molar-refractivity contribution in [1.29, 1.82) is 0 Å². The minimum atomic E-state index is -0.0158. The lowest BCUT2D eigenvalue weighted by Crippen LogP contribution is -2.31. The molecule has 3 nitrogen and oxygen atoms in total. The lowest BCUT2D eigenvalue weighted by atomic mass is 10.0. The Kier molecular flexibility index (Phi) is 4.97. The molecule has 0 heterocycles. The zero-order valence-electron chi connectivity index (χ0n) is 11.6. The highest BCUT2D eigenvalue weighted by molar-refractivity contribution is 5.76. The standard InChI is InChI=1S/C16H23NO2/c1-17(16(19)10-9-13-7-8-13)15(11-12-18)14-5-3-2-4-6-14/h2-6,13,15,18H,7-12H2,1H3. The summed E-state index contributed by atoms with van der Waals surface area (Å²) in [5, 5.41) is 9.22. The second-order valence-corrected chi connectivity index (χ2v) is 5.43. The van der Waals surface area contributed by atoms with Gasteiger partial charge in [-0.15, -0.1) is 0 Å². The van der Waals surface area contributed by atoms with Crippen LogP contribution in [0.3, 0.4) is 0 Å². The highest BCUT2D eigenvalue weighted by Gasteiger charge is 2.25. The number of carbonyl (C=O) groups excluding carboxylic acids is 1. The Morgan fingerprint density at radius 3 is 2.63 bits per heavy atom. The first-order chi connectivity index (χ1) is 9.22. The van der Waals surface area contributed by atoms with Crippen molar-refractivity contribution in [1.82, 2.24) is 4.90 Å². The van der Waals surface area contributed by atoms with Crippen molar-refractivity contribution in [2.24, 2.45) is 5.92 Å². The Balaban J connectivity index is 1.98. The molecule has 1 aromatic carbocycles. The van der Waals surface area contributed by atoms with Crippen molar-refractivity contribution in [2.45, 2.75) is 38.1 Å². The Labute approximate surface area is 115 Å². The van der Waals surface area contributed by atoms with Gasteiger partial charge < -0.3 is 10.0 Å². The lowest BCUT2D eigenvalue weighted by Gasteiger charge is -2.28. The third kappa shape index (κ3) is 4.06. The largest absolute Gasteiger partial charge is 0.396 e. The highest BCUT2D eigenvalue weighted by Crippen LogP contribution is 2.34. The Bertz CT molecular complexity index is 400. The van der Waals surface area contributed by atoms with E-state index in [-0.39, 0.29) is 18.6 Å². The molecule has 0 saturated heterocycles. The number of amides is 1. The zero-order valence-corrected chi connectivity index (χ0v) is 11.6. The van der Waals surface area contributed by atoms with E-state index in [1.165, 1.54) is 12.8 Å². The molecule has 0 radical (unpaired) electrons. The van der Waals surface area contributed by atoms with Crippen molar-refractivity contribution in [3.8, 4) is 0 Å². The lowest BCUT2D eigenvalue weighted by molar-refractivity contribution is -0.132. The fourth-order valence-electron chi connectivity index (χ4n) is 2.47. The van der Waals surface area contributed by atoms with Gasteiger partial charge in [0.2, 0.25) is 5.91 Å². The smallest absolute Gasteiger partial charge is 0.222 e. The average Bonchev–Trinajstić information content (AvgIpc) is 3.26. The molecule has 1 saturated carbocycles. The molecule has 0 bridgehead atoms. The molecule has 1 fully saturated rings. The number of aliphatic hydroxyl groups excluding tert-OH is 1. The Morgan fingerprint density at radius 1 is 1.37 bits per heavy atom. The summed E-state index contributed by atoms with van der Waals surface area (Å²) < 4.78 is 0. The van der Waals surface area contributed by atoms with E-state index in [1.807, 2.05) is 37.4 Å². The van der Waals surface area contributed by atoms with Gasteiger partial charge in [-0.05, 0) is 24.3 Å². The maximum atomic E-state index is 12.2. The molecule has 1 amide bonds. The summed E-state index contributed by atoms with van der Waals surface area (Å²) in [5.41, 5.74) is 1.10. The normalized spacial score (nSPS) is 16.1. The first kappa shape index (κ1) is 14.1. The number of rotatable bonds is 7. The van der Waals surface area contributed by atoms with E-state index < -0.39 is 0 Å². The second kappa shape index (κ2) is 6.71. The van der Waals surface area contributed by atoms with Gasteiger partial charge >= 0.3 is 0 Å². The predicted octanol–water partition coefficient (Wildman–Crippen LogP) is 2.76. The summed E-state index contributed by atoms with van der Waals surface area (Å²) in [6.45, 7) is 0.0970. The Morgan fingerprint density at radius 2 is 2.05 bits per heavy atom. The molecular weight excluding hydrogens is 238 g/mol. The van der Waals surface area contributed by atoms with E-state index in [0.717, 1.165) is 17.9 Å². The van der Waals surface area contributed by atoms with Crippen molar-refractivity contribution in [2.75, 3.05) is 13.7 Å². The summed E-state index contributed by atoms with van der Waals surface area (Å²) in [5.74, 6) is 0.972. The van der Waals surface area contributed by atoms with Crippen molar-refractivity contribution < 1.29 is 9.90 Å². The molecule has 0 aliphatic heterocycles. The van der Waals surface area contributed by atoms with Gasteiger partial charge in [0.05, 0.1) is 6.04 Å². The number of hydrogen-bond donors (Lipinski definition) is 1. The molecule has 19 heavy (non-hydrogen) atoms. The van der Waals surface area contributed by atoms with Crippen molar-refractivity contribution in [3.63, 3.8) is 0 Å². The van der Waals surface area contributed by atoms with E-state index >= 15 is 0 Å². The molecule has 1 unspecified atom stereocenters. The number of hydrogen-bond acceptors (Lipinski definition) is 2. The minimum Gasteiger partial charge on any atom is -0.396 e. The van der Waals surface area contributed by atoms with E-state index in [9.17, 15) is 9.90 Å². The molecular formula is C16H23NO2. The van der Waals surface area contributed by atoms with Crippen molar-refractivity contribution in [3.05, 3.63) is 35.9 Å². The Hall–Kier alpha value is -1.35. The van der Waals surface area contributed by atoms with Crippen molar-refractivity contribution >= 4 is 5.91 Å². The highest BCUT2D eigenvalue weighted by atomic mass is 16.3. The fraction of sp³-hybridized carbons (Fsp3) is 0.562. The number of carbonyl (C=O) groups is 1. The number of nitrogens with zero attached hydrogens (tertiary/aromatic N) is 1. The maximum absolute atomic E-state index is 12.2. The van der Waals surface area contributed by atoms with Crippen LogP contribution >= 0.6 is 0 Å². The molecule has 1 aliphatic carbocycles. The minimum absolute atomic E-state index is 0.0158. The quantitative estimate of drug-likeness (QED) is 0.820. The zero-order chi connectivity index (χ0) is 13.7. The molecule has 1 aromatic rings. The van der Waals surface area contributed by atoms with Gasteiger partial charge in [-0.3, -0.25) is 4.79 Å². The van der Waals surface area contributed by atoms with Crippen LogP contribution in [0.25, 0.3) is 0 Å². The topological polar surface area (TPSA) is 40.5 Å². The van der Waals surface area contributed by atoms with E-state index in [1.54, 1.807) is 4.90 Å². The van der Waals surface area contributed by atoms with Crippen LogP contribution < -0.4 is 0 Å². The van der Waals surface area contributed by atoms with Crippen LogP contribution in [0.2, 0.25) is 0 Å². The van der Waals surface area contributed by atoms with Gasteiger partial charge in [-0.2, -0.15) is 0 Å². The summed E-state index contributed by atoms with van der Waals surface area (Å²) in [4.78, 5) is 14.0. The molecule has 1 atom stereocenters. The molecule has 1 N–H and O–H groups in total. The first-order valence-corrected chi connectivity index (χ1v) is 7.14. The average molecular weight is 261 g/mol.